The number of H-pyrrole nitrogens is 1. The van der Waals surface area contributed by atoms with Crippen LogP contribution in [-0.4, -0.2) is 20.9 Å². The van der Waals surface area contributed by atoms with E-state index in [9.17, 15) is 4.79 Å². The number of nitrogens with zero attached hydrogens (tertiary/aromatic N) is 3. The van der Waals surface area contributed by atoms with E-state index in [1.165, 1.54) is 13.1 Å². The first-order chi connectivity index (χ1) is 10.2. The zero-order chi connectivity index (χ0) is 14.8. The number of nitriles is 1. The van der Waals surface area contributed by atoms with Gasteiger partial charge in [-0.25, -0.2) is 4.98 Å². The fourth-order valence-electron chi connectivity index (χ4n) is 2.07. The number of rotatable bonds is 2. The lowest BCUT2D eigenvalue weighted by Gasteiger charge is -2.03. The van der Waals surface area contributed by atoms with Crippen LogP contribution in [0.4, 0.5) is 5.82 Å². The van der Waals surface area contributed by atoms with Gasteiger partial charge in [-0.2, -0.15) is 5.26 Å². The number of aromatic amines is 1. The van der Waals surface area contributed by atoms with E-state index in [4.69, 9.17) is 5.26 Å². The highest BCUT2D eigenvalue weighted by atomic mass is 16.1. The average Bonchev–Trinajstić information content (AvgIpc) is 2.89. The highest BCUT2D eigenvalue weighted by molar-refractivity contribution is 5.89. The molecule has 0 atom stereocenters. The molecule has 102 valence electrons. The van der Waals surface area contributed by atoms with Gasteiger partial charge >= 0.3 is 0 Å². The van der Waals surface area contributed by atoms with E-state index in [2.05, 4.69) is 26.3 Å². The van der Waals surface area contributed by atoms with E-state index >= 15 is 0 Å². The van der Waals surface area contributed by atoms with Gasteiger partial charge in [-0.15, -0.1) is 0 Å². The van der Waals surface area contributed by atoms with Crippen molar-refractivity contribution in [3.05, 3.63) is 42.2 Å². The zero-order valence-electron chi connectivity index (χ0n) is 11.2. The Balaban J connectivity index is 2.04. The monoisotopic (exact) mass is 277 g/mol. The second-order valence-corrected chi connectivity index (χ2v) is 4.56. The van der Waals surface area contributed by atoms with Gasteiger partial charge < -0.3 is 10.3 Å². The van der Waals surface area contributed by atoms with Crippen molar-refractivity contribution < 1.29 is 4.79 Å². The first kappa shape index (κ1) is 12.8. The normalized spacial score (nSPS) is 10.3. The topological polar surface area (TPSA) is 94.5 Å². The number of pyridine rings is 2. The molecule has 0 aliphatic heterocycles. The largest absolute Gasteiger partial charge is 0.353 e. The number of fused-ring (bicyclic) bond motifs is 1. The van der Waals surface area contributed by atoms with Crippen molar-refractivity contribution in [1.29, 1.82) is 5.26 Å². The molecule has 0 aliphatic rings. The molecule has 0 saturated heterocycles. The zero-order valence-corrected chi connectivity index (χ0v) is 11.2. The Labute approximate surface area is 120 Å². The summed E-state index contributed by atoms with van der Waals surface area (Å²) in [5.41, 5.74) is 3.81. The highest BCUT2D eigenvalue weighted by Gasteiger charge is 2.07. The maximum absolute atomic E-state index is 11.1. The van der Waals surface area contributed by atoms with Crippen LogP contribution in [0.15, 0.2) is 36.7 Å². The Morgan fingerprint density at radius 3 is 2.95 bits per heavy atom. The van der Waals surface area contributed by atoms with Crippen LogP contribution in [-0.2, 0) is 4.79 Å². The van der Waals surface area contributed by atoms with Crippen molar-refractivity contribution in [2.75, 3.05) is 5.32 Å². The van der Waals surface area contributed by atoms with Crippen LogP contribution in [0.5, 0.6) is 0 Å². The number of hydrogen-bond donors (Lipinski definition) is 2. The Morgan fingerprint density at radius 2 is 2.19 bits per heavy atom. The number of amides is 1. The summed E-state index contributed by atoms with van der Waals surface area (Å²) in [6, 6.07) is 9.31. The first-order valence-corrected chi connectivity index (χ1v) is 6.28. The van der Waals surface area contributed by atoms with Crippen LogP contribution in [0.25, 0.3) is 22.3 Å². The lowest BCUT2D eigenvalue weighted by molar-refractivity contribution is -0.114. The summed E-state index contributed by atoms with van der Waals surface area (Å²) < 4.78 is 0. The molecule has 1 amide bonds. The van der Waals surface area contributed by atoms with Gasteiger partial charge in [-0.3, -0.25) is 9.78 Å². The van der Waals surface area contributed by atoms with Crippen LogP contribution in [0.3, 0.4) is 0 Å². The van der Waals surface area contributed by atoms with Gasteiger partial charge in [0.15, 0.2) is 0 Å². The predicted molar refractivity (Wildman–Crippen MR) is 78.3 cm³/mol. The maximum atomic E-state index is 11.1. The van der Waals surface area contributed by atoms with Gasteiger partial charge in [0.2, 0.25) is 5.91 Å². The summed E-state index contributed by atoms with van der Waals surface area (Å²) in [7, 11) is 0. The average molecular weight is 277 g/mol. The number of hydrogen-bond acceptors (Lipinski definition) is 4. The van der Waals surface area contributed by atoms with Crippen molar-refractivity contribution in [1.82, 2.24) is 15.0 Å². The molecule has 6 nitrogen and oxygen atoms in total. The fourth-order valence-corrected chi connectivity index (χ4v) is 2.07. The molecule has 0 spiro atoms. The lowest BCUT2D eigenvalue weighted by Crippen LogP contribution is -2.07. The van der Waals surface area contributed by atoms with Gasteiger partial charge in [-0.05, 0) is 24.3 Å². The van der Waals surface area contributed by atoms with E-state index in [1.807, 2.05) is 12.1 Å². The minimum absolute atomic E-state index is 0.170. The Hall–Kier alpha value is -3.20. The number of nitrogens with one attached hydrogen (secondary N) is 2. The van der Waals surface area contributed by atoms with Crippen molar-refractivity contribution in [2.45, 2.75) is 6.92 Å². The molecule has 0 saturated carbocycles. The first-order valence-electron chi connectivity index (χ1n) is 6.28. The van der Waals surface area contributed by atoms with E-state index in [1.54, 1.807) is 18.3 Å². The molecule has 0 bridgehead atoms. The molecule has 2 N–H and O–H groups in total. The summed E-state index contributed by atoms with van der Waals surface area (Å²) in [5, 5.41) is 11.5. The van der Waals surface area contributed by atoms with Crippen LogP contribution in [0.1, 0.15) is 12.5 Å². The number of carbonyl (C=O) groups excluding carboxylic acids is 1. The van der Waals surface area contributed by atoms with Crippen molar-refractivity contribution in [2.24, 2.45) is 0 Å². The second-order valence-electron chi connectivity index (χ2n) is 4.56. The number of carbonyl (C=O) groups is 1. The molecule has 0 fully saturated rings. The van der Waals surface area contributed by atoms with Crippen LogP contribution >= 0.6 is 0 Å². The second kappa shape index (κ2) is 5.06. The minimum Gasteiger partial charge on any atom is -0.353 e. The summed E-state index contributed by atoms with van der Waals surface area (Å²) in [6.45, 7) is 1.44. The third-order valence-electron chi connectivity index (χ3n) is 2.97. The van der Waals surface area contributed by atoms with Gasteiger partial charge in [0.1, 0.15) is 11.9 Å². The van der Waals surface area contributed by atoms with E-state index in [0.29, 0.717) is 11.4 Å². The molecule has 3 rings (SSSR count). The van der Waals surface area contributed by atoms with E-state index < -0.39 is 0 Å². The number of aromatic nitrogens is 3. The molecule has 3 aromatic heterocycles. The fraction of sp³-hybridized carbons (Fsp3) is 0.0667. The molecular formula is C15H11N5O. The molecule has 0 radical (unpaired) electrons. The summed E-state index contributed by atoms with van der Waals surface area (Å²) in [5.74, 6) is 0.320. The highest BCUT2D eigenvalue weighted by Crippen LogP contribution is 2.24. The molecule has 21 heavy (non-hydrogen) atoms. The molecule has 0 aliphatic carbocycles. The maximum Gasteiger partial charge on any atom is 0.222 e. The Bertz CT molecular complexity index is 875. The SMILES string of the molecule is CC(=O)Nc1cc(-c2cc3ncc(C#N)cc3[nH]2)ccn1. The van der Waals surface area contributed by atoms with Crippen LogP contribution in [0.2, 0.25) is 0 Å². The summed E-state index contributed by atoms with van der Waals surface area (Å²) in [6.07, 6.45) is 3.16. The van der Waals surface area contributed by atoms with Crippen LogP contribution < -0.4 is 5.32 Å². The lowest BCUT2D eigenvalue weighted by atomic mass is 10.2. The molecule has 3 aromatic rings. The third kappa shape index (κ3) is 2.58. The number of anilines is 1. The van der Waals surface area contributed by atoms with Crippen molar-refractivity contribution in [3.63, 3.8) is 0 Å². The quantitative estimate of drug-likeness (QED) is 0.752. The van der Waals surface area contributed by atoms with Crippen molar-refractivity contribution >= 4 is 22.8 Å². The minimum atomic E-state index is -0.170. The Morgan fingerprint density at radius 1 is 1.33 bits per heavy atom. The standard InChI is InChI=1S/C15H11N5O/c1-9(21)19-15-5-11(2-3-17-15)12-6-13-14(20-12)4-10(7-16)8-18-13/h2-6,8,20H,1H3,(H,17,19,21). The van der Waals surface area contributed by atoms with Crippen LogP contribution in [0, 0.1) is 11.3 Å². The van der Waals surface area contributed by atoms with Crippen molar-refractivity contribution in [3.8, 4) is 17.3 Å². The predicted octanol–water partition coefficient (Wildman–Crippen LogP) is 2.45. The molecule has 0 unspecified atom stereocenters. The summed E-state index contributed by atoms with van der Waals surface area (Å²) >= 11 is 0. The third-order valence-corrected chi connectivity index (χ3v) is 2.97. The van der Waals surface area contributed by atoms with Gasteiger partial charge in [0.25, 0.3) is 0 Å². The summed E-state index contributed by atoms with van der Waals surface area (Å²) in [4.78, 5) is 22.6. The van der Waals surface area contributed by atoms with E-state index in [0.717, 1.165) is 22.3 Å². The van der Waals surface area contributed by atoms with Gasteiger partial charge in [-0.1, -0.05) is 0 Å². The Kier molecular flexibility index (Phi) is 3.09. The molecular weight excluding hydrogens is 266 g/mol. The molecule has 0 aromatic carbocycles. The molecule has 6 heteroatoms. The smallest absolute Gasteiger partial charge is 0.222 e. The van der Waals surface area contributed by atoms with Gasteiger partial charge in [0, 0.05) is 30.6 Å². The van der Waals surface area contributed by atoms with E-state index in [-0.39, 0.29) is 5.91 Å². The van der Waals surface area contributed by atoms with Gasteiger partial charge in [0.05, 0.1) is 16.6 Å². The molecule has 3 heterocycles.